The summed E-state index contributed by atoms with van der Waals surface area (Å²) in [7, 11) is 0. The number of carbonyl (C=O) groups excluding carboxylic acids is 2. The van der Waals surface area contributed by atoms with E-state index in [1.807, 2.05) is 0 Å². The Balaban J connectivity index is 1.40. The Hall–Kier alpha value is -3.89. The number of carbonyl (C=O) groups is 2. The zero-order valence-electron chi connectivity index (χ0n) is 20.8. The summed E-state index contributed by atoms with van der Waals surface area (Å²) in [6, 6.07) is 14.5. The smallest absolute Gasteiger partial charge is 0.290 e. The fourth-order valence-electron chi connectivity index (χ4n) is 4.68. The molecule has 0 radical (unpaired) electrons. The highest BCUT2D eigenvalue weighted by atomic mass is 19.1. The van der Waals surface area contributed by atoms with Crippen LogP contribution in [0.2, 0.25) is 0 Å². The molecule has 0 bridgehead atoms. The molecule has 2 aromatic carbocycles. The molecule has 2 amide bonds. The van der Waals surface area contributed by atoms with Gasteiger partial charge in [-0.25, -0.2) is 13.8 Å². The van der Waals surface area contributed by atoms with Crippen molar-refractivity contribution in [2.75, 3.05) is 45.9 Å². The van der Waals surface area contributed by atoms with Crippen LogP contribution in [0.4, 0.5) is 8.78 Å². The van der Waals surface area contributed by atoms with E-state index in [9.17, 15) is 18.4 Å². The van der Waals surface area contributed by atoms with Crippen LogP contribution in [0.15, 0.2) is 76.4 Å². The van der Waals surface area contributed by atoms with Crippen LogP contribution in [-0.2, 0) is 9.53 Å². The molecule has 1 aromatic heterocycles. The van der Waals surface area contributed by atoms with Gasteiger partial charge >= 0.3 is 0 Å². The minimum atomic E-state index is -0.705. The van der Waals surface area contributed by atoms with Gasteiger partial charge in [-0.1, -0.05) is 30.3 Å². The van der Waals surface area contributed by atoms with Crippen LogP contribution in [0.1, 0.15) is 34.1 Å². The molecule has 3 heterocycles. The van der Waals surface area contributed by atoms with E-state index in [1.54, 1.807) is 42.5 Å². The highest BCUT2D eigenvalue weighted by Gasteiger charge is 2.36. The monoisotopic (exact) mass is 522 g/mol. The van der Waals surface area contributed by atoms with Gasteiger partial charge in [0.05, 0.1) is 31.2 Å². The molecule has 2 aliphatic heterocycles. The topological polar surface area (TPSA) is 78.6 Å². The second-order valence-corrected chi connectivity index (χ2v) is 9.19. The van der Waals surface area contributed by atoms with Gasteiger partial charge in [-0.05, 0) is 35.9 Å². The molecule has 198 valence electrons. The number of hydrogen-bond donors (Lipinski definition) is 0. The number of hydrogen-bond acceptors (Lipinski definition) is 6. The molecule has 0 unspecified atom stereocenters. The number of morpholine rings is 1. The maximum absolute atomic E-state index is 14.8. The first-order chi connectivity index (χ1) is 18.5. The third kappa shape index (κ3) is 5.81. The number of halogens is 2. The predicted molar refractivity (Wildman–Crippen MR) is 135 cm³/mol. The normalized spacial score (nSPS) is 17.9. The average molecular weight is 523 g/mol. The van der Waals surface area contributed by atoms with Crippen molar-refractivity contribution in [3.05, 3.63) is 95.4 Å². The Morgan fingerprint density at radius 3 is 2.47 bits per heavy atom. The fraction of sp³-hybridized carbons (Fsp3) is 0.321. The van der Waals surface area contributed by atoms with E-state index < -0.39 is 29.5 Å². The maximum atomic E-state index is 14.8. The van der Waals surface area contributed by atoms with Crippen LogP contribution < -0.4 is 0 Å². The van der Waals surface area contributed by atoms with E-state index >= 15 is 0 Å². The molecule has 5 rings (SSSR count). The van der Waals surface area contributed by atoms with Crippen LogP contribution >= 0.6 is 0 Å². The van der Waals surface area contributed by atoms with Crippen molar-refractivity contribution in [2.24, 2.45) is 5.10 Å². The van der Waals surface area contributed by atoms with E-state index in [4.69, 9.17) is 9.15 Å². The van der Waals surface area contributed by atoms with Crippen LogP contribution in [0.25, 0.3) is 0 Å². The number of furan rings is 1. The third-order valence-corrected chi connectivity index (χ3v) is 6.74. The van der Waals surface area contributed by atoms with Crippen molar-refractivity contribution in [1.29, 1.82) is 0 Å². The summed E-state index contributed by atoms with van der Waals surface area (Å²) in [5, 5.41) is 5.78. The average Bonchev–Trinajstić information content (AvgIpc) is 3.63. The molecule has 2 aliphatic rings. The number of ether oxygens (including phenoxy) is 1. The Morgan fingerprint density at radius 2 is 1.76 bits per heavy atom. The Kier molecular flexibility index (Phi) is 7.90. The van der Waals surface area contributed by atoms with Crippen molar-refractivity contribution >= 4 is 17.5 Å². The first-order valence-electron chi connectivity index (χ1n) is 12.5. The fourth-order valence-corrected chi connectivity index (χ4v) is 4.68. The number of rotatable bonds is 8. The second-order valence-electron chi connectivity index (χ2n) is 9.19. The van der Waals surface area contributed by atoms with Crippen molar-refractivity contribution in [1.82, 2.24) is 14.8 Å². The first kappa shape index (κ1) is 25.7. The van der Waals surface area contributed by atoms with E-state index in [-0.39, 0.29) is 25.3 Å². The quantitative estimate of drug-likeness (QED) is 0.451. The lowest BCUT2D eigenvalue weighted by Crippen LogP contribution is -2.46. The molecule has 0 N–H and O–H groups in total. The van der Waals surface area contributed by atoms with Crippen molar-refractivity contribution in [2.45, 2.75) is 12.5 Å². The molecule has 1 fully saturated rings. The molecule has 1 atom stereocenters. The van der Waals surface area contributed by atoms with Crippen LogP contribution in [0.5, 0.6) is 0 Å². The minimum absolute atomic E-state index is 0.127. The van der Waals surface area contributed by atoms with E-state index in [1.165, 1.54) is 34.4 Å². The molecular weight excluding hydrogens is 494 g/mol. The number of hydrazone groups is 1. The second kappa shape index (κ2) is 11.7. The summed E-state index contributed by atoms with van der Waals surface area (Å²) in [4.78, 5) is 30.5. The van der Waals surface area contributed by atoms with Gasteiger partial charge in [-0.3, -0.25) is 14.5 Å². The van der Waals surface area contributed by atoms with E-state index in [0.717, 1.165) is 13.1 Å². The zero-order chi connectivity index (χ0) is 26.5. The standard InChI is InChI=1S/C28H28F2N4O4/c29-21-9-7-20(8-10-21)24-18-25(22-4-1-2-5-23(22)30)34(31-24)27(35)19-33(28(36)26-6-3-15-38-26)12-11-32-13-16-37-17-14-32/h1-10,15,25H,11-14,16-19H2/t25-/m1/s1. The van der Waals surface area contributed by atoms with E-state index in [2.05, 4.69) is 10.0 Å². The summed E-state index contributed by atoms with van der Waals surface area (Å²) >= 11 is 0. The van der Waals surface area contributed by atoms with E-state index in [0.29, 0.717) is 36.6 Å². The molecule has 1 saturated heterocycles. The minimum Gasteiger partial charge on any atom is -0.459 e. The lowest BCUT2D eigenvalue weighted by molar-refractivity contribution is -0.133. The van der Waals surface area contributed by atoms with Gasteiger partial charge in [-0.2, -0.15) is 5.10 Å². The van der Waals surface area contributed by atoms with Crippen molar-refractivity contribution in [3.63, 3.8) is 0 Å². The number of benzene rings is 2. The lowest BCUT2D eigenvalue weighted by Gasteiger charge is -2.30. The van der Waals surface area contributed by atoms with Crippen LogP contribution in [0.3, 0.4) is 0 Å². The molecule has 38 heavy (non-hydrogen) atoms. The molecule has 8 nitrogen and oxygen atoms in total. The van der Waals surface area contributed by atoms with Gasteiger partial charge in [0, 0.05) is 38.2 Å². The summed E-state index contributed by atoms with van der Waals surface area (Å²) in [5.74, 6) is -1.60. The van der Waals surface area contributed by atoms with Gasteiger partial charge in [-0.15, -0.1) is 0 Å². The summed E-state index contributed by atoms with van der Waals surface area (Å²) in [6.07, 6.45) is 1.65. The molecule has 10 heteroatoms. The largest absolute Gasteiger partial charge is 0.459 e. The van der Waals surface area contributed by atoms with Gasteiger partial charge in [0.15, 0.2) is 5.76 Å². The van der Waals surface area contributed by atoms with Gasteiger partial charge in [0.1, 0.15) is 18.2 Å². The Bertz CT molecular complexity index is 1290. The molecular formula is C28H28F2N4O4. The summed E-state index contributed by atoms with van der Waals surface area (Å²) in [5.41, 5.74) is 1.49. The third-order valence-electron chi connectivity index (χ3n) is 6.74. The molecule has 3 aromatic rings. The van der Waals surface area contributed by atoms with Crippen LogP contribution in [-0.4, -0.2) is 78.3 Å². The maximum Gasteiger partial charge on any atom is 0.290 e. The summed E-state index contributed by atoms with van der Waals surface area (Å²) < 4.78 is 39.0. The Labute approximate surface area is 219 Å². The molecule has 0 saturated carbocycles. The van der Waals surface area contributed by atoms with Gasteiger partial charge in [0.25, 0.3) is 11.8 Å². The zero-order valence-corrected chi connectivity index (χ0v) is 20.8. The number of amides is 2. The summed E-state index contributed by atoms with van der Waals surface area (Å²) in [6.45, 7) is 3.29. The van der Waals surface area contributed by atoms with Gasteiger partial charge < -0.3 is 14.1 Å². The number of nitrogens with zero attached hydrogens (tertiary/aromatic N) is 4. The molecule has 0 spiro atoms. The first-order valence-corrected chi connectivity index (χ1v) is 12.5. The van der Waals surface area contributed by atoms with Crippen molar-refractivity contribution < 1.29 is 27.5 Å². The highest BCUT2D eigenvalue weighted by molar-refractivity contribution is 6.03. The highest BCUT2D eigenvalue weighted by Crippen LogP contribution is 2.34. The van der Waals surface area contributed by atoms with Gasteiger partial charge in [0.2, 0.25) is 0 Å². The van der Waals surface area contributed by atoms with Crippen molar-refractivity contribution in [3.8, 4) is 0 Å². The van der Waals surface area contributed by atoms with Crippen LogP contribution in [0, 0.1) is 11.6 Å². The Morgan fingerprint density at radius 1 is 1.00 bits per heavy atom. The SMILES string of the molecule is O=C(c1ccco1)N(CCN1CCOCC1)CC(=O)N1N=C(c2ccc(F)cc2)C[C@@H]1c1ccccc1F. The predicted octanol–water partition coefficient (Wildman–Crippen LogP) is 3.71. The lowest BCUT2D eigenvalue weighted by atomic mass is 9.98. The molecule has 0 aliphatic carbocycles.